The number of aldehydes is 1. The van der Waals surface area contributed by atoms with E-state index >= 15 is 0 Å². The summed E-state index contributed by atoms with van der Waals surface area (Å²) in [6, 6.07) is 5.62. The van der Waals surface area contributed by atoms with Crippen molar-refractivity contribution in [3.05, 3.63) is 28.2 Å². The van der Waals surface area contributed by atoms with Crippen LogP contribution < -0.4 is 4.90 Å². The van der Waals surface area contributed by atoms with Gasteiger partial charge in [0.25, 0.3) is 0 Å². The van der Waals surface area contributed by atoms with Crippen LogP contribution in [0.15, 0.2) is 22.7 Å². The van der Waals surface area contributed by atoms with Gasteiger partial charge in [-0.3, -0.25) is 4.79 Å². The standard InChI is InChI=1S/C11H12BrNO2/c1-11(15)6-13(7-11)10-4-2-3-9(12)8(10)5-14/h2-5,15H,6-7H2,1H3. The van der Waals surface area contributed by atoms with Crippen LogP contribution in [-0.2, 0) is 0 Å². The lowest BCUT2D eigenvalue weighted by Gasteiger charge is -2.46. The van der Waals surface area contributed by atoms with Crippen LogP contribution in [0.25, 0.3) is 0 Å². The lowest BCUT2D eigenvalue weighted by Crippen LogP contribution is -2.60. The highest BCUT2D eigenvalue weighted by Crippen LogP contribution is 2.32. The maximum absolute atomic E-state index is 10.9. The molecule has 1 aromatic carbocycles. The molecule has 1 saturated heterocycles. The van der Waals surface area contributed by atoms with E-state index in [1.807, 2.05) is 23.1 Å². The zero-order valence-corrected chi connectivity index (χ0v) is 9.99. The number of hydrogen-bond acceptors (Lipinski definition) is 3. The lowest BCUT2D eigenvalue weighted by molar-refractivity contribution is 0.0309. The molecular weight excluding hydrogens is 258 g/mol. The number of aliphatic hydroxyl groups is 1. The van der Waals surface area contributed by atoms with Gasteiger partial charge in [0.2, 0.25) is 0 Å². The van der Waals surface area contributed by atoms with E-state index in [2.05, 4.69) is 15.9 Å². The average molecular weight is 270 g/mol. The predicted octanol–water partition coefficient (Wildman–Crippen LogP) is 1.83. The maximum Gasteiger partial charge on any atom is 0.153 e. The van der Waals surface area contributed by atoms with E-state index in [4.69, 9.17) is 0 Å². The van der Waals surface area contributed by atoms with E-state index in [-0.39, 0.29) is 0 Å². The summed E-state index contributed by atoms with van der Waals surface area (Å²) in [6.07, 6.45) is 0.840. The molecule has 0 unspecified atom stereocenters. The number of rotatable bonds is 2. The van der Waals surface area contributed by atoms with Crippen molar-refractivity contribution in [2.75, 3.05) is 18.0 Å². The van der Waals surface area contributed by atoms with Crippen molar-refractivity contribution in [1.82, 2.24) is 0 Å². The molecule has 1 aliphatic rings. The van der Waals surface area contributed by atoms with E-state index < -0.39 is 5.60 Å². The van der Waals surface area contributed by atoms with E-state index in [1.165, 1.54) is 0 Å². The molecule has 80 valence electrons. The third-order valence-corrected chi connectivity index (χ3v) is 3.24. The first-order valence-corrected chi connectivity index (χ1v) is 5.54. The summed E-state index contributed by atoms with van der Waals surface area (Å²) in [5.41, 5.74) is 0.904. The van der Waals surface area contributed by atoms with E-state index in [0.29, 0.717) is 18.7 Å². The molecule has 2 rings (SSSR count). The van der Waals surface area contributed by atoms with E-state index in [0.717, 1.165) is 16.4 Å². The Morgan fingerprint density at radius 1 is 1.53 bits per heavy atom. The minimum absolute atomic E-state index is 0.574. The first kappa shape index (κ1) is 10.6. The number of carbonyl (C=O) groups is 1. The molecule has 4 heteroatoms. The lowest BCUT2D eigenvalue weighted by atomic mass is 9.95. The van der Waals surface area contributed by atoms with Crippen LogP contribution >= 0.6 is 15.9 Å². The zero-order valence-electron chi connectivity index (χ0n) is 8.40. The Balaban J connectivity index is 2.30. The molecule has 1 N–H and O–H groups in total. The van der Waals surface area contributed by atoms with Gasteiger partial charge in [-0.2, -0.15) is 0 Å². The minimum atomic E-state index is -0.623. The number of anilines is 1. The molecule has 0 spiro atoms. The van der Waals surface area contributed by atoms with Crippen molar-refractivity contribution in [3.8, 4) is 0 Å². The normalized spacial score (nSPS) is 18.5. The molecule has 3 nitrogen and oxygen atoms in total. The molecule has 0 aromatic heterocycles. The van der Waals surface area contributed by atoms with Gasteiger partial charge in [-0.25, -0.2) is 0 Å². The molecule has 0 atom stereocenters. The summed E-state index contributed by atoms with van der Waals surface area (Å²) >= 11 is 3.34. The van der Waals surface area contributed by atoms with Gasteiger partial charge in [-0.1, -0.05) is 6.07 Å². The molecule has 0 amide bonds. The Bertz CT molecular complexity index is 396. The Labute approximate surface area is 96.8 Å². The summed E-state index contributed by atoms with van der Waals surface area (Å²) < 4.78 is 0.793. The number of halogens is 1. The second kappa shape index (κ2) is 3.61. The van der Waals surface area contributed by atoms with Gasteiger partial charge in [-0.05, 0) is 35.0 Å². The molecule has 1 heterocycles. The second-order valence-electron chi connectivity index (χ2n) is 4.14. The van der Waals surface area contributed by atoms with Crippen LogP contribution in [0.2, 0.25) is 0 Å². The van der Waals surface area contributed by atoms with Crippen molar-refractivity contribution >= 4 is 27.9 Å². The fourth-order valence-electron chi connectivity index (χ4n) is 1.86. The summed E-state index contributed by atoms with van der Waals surface area (Å²) in [6.45, 7) is 2.94. The molecule has 1 fully saturated rings. The Kier molecular flexibility index (Phi) is 2.56. The fraction of sp³-hybridized carbons (Fsp3) is 0.364. The van der Waals surface area contributed by atoms with Crippen LogP contribution in [0.5, 0.6) is 0 Å². The highest BCUT2D eigenvalue weighted by atomic mass is 79.9. The molecule has 0 radical (unpaired) electrons. The summed E-state index contributed by atoms with van der Waals surface area (Å²) in [5.74, 6) is 0. The first-order valence-electron chi connectivity index (χ1n) is 4.74. The molecule has 1 aliphatic heterocycles. The van der Waals surface area contributed by atoms with E-state index in [1.54, 1.807) is 6.92 Å². The van der Waals surface area contributed by atoms with Gasteiger partial charge in [-0.15, -0.1) is 0 Å². The second-order valence-corrected chi connectivity index (χ2v) is 5.00. The summed E-state index contributed by atoms with van der Waals surface area (Å²) in [5, 5.41) is 9.64. The minimum Gasteiger partial charge on any atom is -0.386 e. The van der Waals surface area contributed by atoms with Gasteiger partial charge >= 0.3 is 0 Å². The first-order chi connectivity index (χ1) is 7.03. The topological polar surface area (TPSA) is 40.5 Å². The van der Waals surface area contributed by atoms with E-state index in [9.17, 15) is 9.90 Å². The third-order valence-electron chi connectivity index (χ3n) is 2.55. The SMILES string of the molecule is CC1(O)CN(c2cccc(Br)c2C=O)C1. The molecule has 15 heavy (non-hydrogen) atoms. The smallest absolute Gasteiger partial charge is 0.153 e. The van der Waals surface area contributed by atoms with Crippen LogP contribution in [0, 0.1) is 0 Å². The van der Waals surface area contributed by atoms with Gasteiger partial charge in [0.15, 0.2) is 6.29 Å². The van der Waals surface area contributed by atoms with Crippen molar-refractivity contribution in [2.24, 2.45) is 0 Å². The van der Waals surface area contributed by atoms with Gasteiger partial charge in [0, 0.05) is 23.2 Å². The van der Waals surface area contributed by atoms with Gasteiger partial charge in [0.05, 0.1) is 11.2 Å². The van der Waals surface area contributed by atoms with Crippen molar-refractivity contribution in [1.29, 1.82) is 0 Å². The molecular formula is C11H12BrNO2. The molecule has 0 aliphatic carbocycles. The number of β-amino-alcohol motifs (C(OH)–C–C–N with tert-alkyl or cyclic N) is 1. The molecule has 1 aromatic rings. The van der Waals surface area contributed by atoms with Crippen molar-refractivity contribution in [3.63, 3.8) is 0 Å². The zero-order chi connectivity index (χ0) is 11.1. The number of hydrogen-bond donors (Lipinski definition) is 1. The maximum atomic E-state index is 10.9. The van der Waals surface area contributed by atoms with Gasteiger partial charge in [0.1, 0.15) is 0 Å². The molecule has 0 bridgehead atoms. The van der Waals surface area contributed by atoms with Crippen LogP contribution in [0.1, 0.15) is 17.3 Å². The monoisotopic (exact) mass is 269 g/mol. The van der Waals surface area contributed by atoms with Crippen molar-refractivity contribution < 1.29 is 9.90 Å². The van der Waals surface area contributed by atoms with Crippen LogP contribution in [0.3, 0.4) is 0 Å². The average Bonchev–Trinajstić information content (AvgIpc) is 2.13. The van der Waals surface area contributed by atoms with Crippen LogP contribution in [-0.4, -0.2) is 30.1 Å². The number of benzene rings is 1. The number of carbonyl (C=O) groups excluding carboxylic acids is 1. The van der Waals surface area contributed by atoms with Gasteiger partial charge < -0.3 is 10.0 Å². The third kappa shape index (κ3) is 1.92. The van der Waals surface area contributed by atoms with Crippen LogP contribution in [0.4, 0.5) is 5.69 Å². The molecule has 0 saturated carbocycles. The number of nitrogens with zero attached hydrogens (tertiary/aromatic N) is 1. The Morgan fingerprint density at radius 2 is 2.20 bits per heavy atom. The largest absolute Gasteiger partial charge is 0.386 e. The van der Waals surface area contributed by atoms with Crippen molar-refractivity contribution in [2.45, 2.75) is 12.5 Å². The Hall–Kier alpha value is -0.870. The predicted molar refractivity (Wildman–Crippen MR) is 62.4 cm³/mol. The highest BCUT2D eigenvalue weighted by Gasteiger charge is 2.37. The highest BCUT2D eigenvalue weighted by molar-refractivity contribution is 9.10. The summed E-state index contributed by atoms with van der Waals surface area (Å²) in [7, 11) is 0. The quantitative estimate of drug-likeness (QED) is 0.833. The summed E-state index contributed by atoms with van der Waals surface area (Å²) in [4.78, 5) is 12.9. The fourth-order valence-corrected chi connectivity index (χ4v) is 2.31. The Morgan fingerprint density at radius 3 is 2.73 bits per heavy atom.